The van der Waals surface area contributed by atoms with Crippen molar-refractivity contribution in [1.29, 1.82) is 0 Å². The summed E-state index contributed by atoms with van der Waals surface area (Å²) in [5.41, 5.74) is -0.641. The summed E-state index contributed by atoms with van der Waals surface area (Å²) >= 11 is 1.56. The van der Waals surface area contributed by atoms with E-state index in [4.69, 9.17) is 9.72 Å². The predicted octanol–water partition coefficient (Wildman–Crippen LogP) is 4.26. The minimum atomic E-state index is -4.36. The summed E-state index contributed by atoms with van der Waals surface area (Å²) < 4.78 is 45.2. The van der Waals surface area contributed by atoms with Crippen LogP contribution < -0.4 is 0 Å². The molecule has 32 heavy (non-hydrogen) atoms. The van der Waals surface area contributed by atoms with Crippen LogP contribution in [0.3, 0.4) is 0 Å². The van der Waals surface area contributed by atoms with E-state index in [1.54, 1.807) is 24.5 Å². The molecule has 176 valence electrons. The average Bonchev–Trinajstić information content (AvgIpc) is 3.40. The maximum atomic E-state index is 13.3. The second-order valence-electron chi connectivity index (χ2n) is 8.81. The Balaban J connectivity index is 1.36. The van der Waals surface area contributed by atoms with Crippen molar-refractivity contribution in [1.82, 2.24) is 14.8 Å². The van der Waals surface area contributed by atoms with Crippen molar-refractivity contribution in [3.05, 3.63) is 51.5 Å². The van der Waals surface area contributed by atoms with E-state index in [-0.39, 0.29) is 12.1 Å². The average molecular weight is 470 g/mol. The van der Waals surface area contributed by atoms with Gasteiger partial charge in [-0.1, -0.05) is 18.2 Å². The Morgan fingerprint density at radius 1 is 1.19 bits per heavy atom. The van der Waals surface area contributed by atoms with E-state index < -0.39 is 17.3 Å². The number of halogens is 3. The summed E-state index contributed by atoms with van der Waals surface area (Å²) in [6.07, 6.45) is -1.16. The SMILES string of the molecule is COC[C@H]1CCCN1Cc1nc(C2(O)CCN(Cc3ccccc3C(F)(F)F)CC2)cs1. The summed E-state index contributed by atoms with van der Waals surface area (Å²) in [6.45, 7) is 3.78. The van der Waals surface area contributed by atoms with Crippen molar-refractivity contribution in [3.63, 3.8) is 0 Å². The Kier molecular flexibility index (Phi) is 7.21. The van der Waals surface area contributed by atoms with Crippen molar-refractivity contribution >= 4 is 11.3 Å². The third kappa shape index (κ3) is 5.34. The molecule has 1 aromatic carbocycles. The van der Waals surface area contributed by atoms with Crippen LogP contribution in [-0.2, 0) is 29.6 Å². The van der Waals surface area contributed by atoms with Crippen molar-refractivity contribution in [3.8, 4) is 0 Å². The second-order valence-corrected chi connectivity index (χ2v) is 9.75. The van der Waals surface area contributed by atoms with Gasteiger partial charge < -0.3 is 9.84 Å². The minimum absolute atomic E-state index is 0.226. The first-order valence-electron chi connectivity index (χ1n) is 11.1. The third-order valence-electron chi connectivity index (χ3n) is 6.62. The Morgan fingerprint density at radius 3 is 2.66 bits per heavy atom. The van der Waals surface area contributed by atoms with Crippen LogP contribution in [0.5, 0.6) is 0 Å². The van der Waals surface area contributed by atoms with Crippen LogP contribution in [0.1, 0.15) is 47.5 Å². The number of methoxy groups -OCH3 is 1. The highest BCUT2D eigenvalue weighted by molar-refractivity contribution is 7.09. The molecule has 0 radical (unpaired) electrons. The van der Waals surface area contributed by atoms with Crippen molar-refractivity contribution < 1.29 is 23.0 Å². The molecule has 2 saturated heterocycles. The first-order valence-corrected chi connectivity index (χ1v) is 11.9. The molecule has 0 bridgehead atoms. The van der Waals surface area contributed by atoms with E-state index in [1.165, 1.54) is 12.1 Å². The molecule has 9 heteroatoms. The molecule has 0 saturated carbocycles. The summed E-state index contributed by atoms with van der Waals surface area (Å²) in [4.78, 5) is 9.10. The maximum absolute atomic E-state index is 13.3. The van der Waals surface area contributed by atoms with E-state index in [9.17, 15) is 18.3 Å². The van der Waals surface area contributed by atoms with E-state index in [0.717, 1.165) is 43.6 Å². The third-order valence-corrected chi connectivity index (χ3v) is 7.46. The molecule has 0 unspecified atom stereocenters. The number of aromatic nitrogens is 1. The Morgan fingerprint density at radius 2 is 1.94 bits per heavy atom. The molecule has 2 aliphatic heterocycles. The van der Waals surface area contributed by atoms with Gasteiger partial charge in [0.25, 0.3) is 0 Å². The topological polar surface area (TPSA) is 48.8 Å². The van der Waals surface area contributed by atoms with E-state index in [1.807, 2.05) is 10.3 Å². The minimum Gasteiger partial charge on any atom is -0.383 e. The van der Waals surface area contributed by atoms with Gasteiger partial charge >= 0.3 is 6.18 Å². The maximum Gasteiger partial charge on any atom is 0.416 e. The van der Waals surface area contributed by atoms with Crippen molar-refractivity contribution in [2.24, 2.45) is 0 Å². The number of alkyl halides is 3. The van der Waals surface area contributed by atoms with Gasteiger partial charge in [0.2, 0.25) is 0 Å². The van der Waals surface area contributed by atoms with Gasteiger partial charge in [-0.3, -0.25) is 9.80 Å². The number of nitrogens with zero attached hydrogens (tertiary/aromatic N) is 3. The molecule has 2 fully saturated rings. The lowest BCUT2D eigenvalue weighted by Gasteiger charge is -2.37. The number of hydrogen-bond acceptors (Lipinski definition) is 6. The molecule has 1 N–H and O–H groups in total. The van der Waals surface area contributed by atoms with Gasteiger partial charge in [-0.2, -0.15) is 13.2 Å². The number of hydrogen-bond donors (Lipinski definition) is 1. The molecule has 0 amide bonds. The molecule has 4 rings (SSSR count). The lowest BCUT2D eigenvalue weighted by atomic mass is 9.88. The summed E-state index contributed by atoms with van der Waals surface area (Å²) in [6, 6.07) is 6.13. The number of ether oxygens (including phenoxy) is 1. The molecule has 3 heterocycles. The van der Waals surface area contributed by atoms with Gasteiger partial charge in [-0.05, 0) is 43.9 Å². The second kappa shape index (κ2) is 9.77. The zero-order chi connectivity index (χ0) is 22.8. The molecule has 1 aromatic heterocycles. The Hall–Kier alpha value is -1.52. The normalized spacial score (nSPS) is 22.5. The number of benzene rings is 1. The Bertz CT molecular complexity index is 897. The van der Waals surface area contributed by atoms with Crippen LogP contribution in [0.2, 0.25) is 0 Å². The van der Waals surface area contributed by atoms with Crippen LogP contribution in [0.4, 0.5) is 13.2 Å². The summed E-state index contributed by atoms with van der Waals surface area (Å²) in [5, 5.41) is 14.1. The smallest absolute Gasteiger partial charge is 0.383 e. The quantitative estimate of drug-likeness (QED) is 0.657. The number of likely N-dealkylation sites (tertiary alicyclic amines) is 2. The molecule has 1 atom stereocenters. The number of thiazole rings is 1. The standard InChI is InChI=1S/C23H30F3N3O2S/c1-31-15-18-6-4-10-29(18)14-21-27-20(16-32-21)22(30)8-11-28(12-9-22)13-17-5-2-3-7-19(17)23(24,25)26/h2-3,5,7,16,18,30H,4,6,8-15H2,1H3/t18-/m1/s1. The highest BCUT2D eigenvalue weighted by atomic mass is 32.1. The van der Waals surface area contributed by atoms with Crippen molar-refractivity contribution in [2.45, 2.75) is 56.6 Å². The lowest BCUT2D eigenvalue weighted by molar-refractivity contribution is -0.138. The van der Waals surface area contributed by atoms with Crippen LogP contribution in [-0.4, -0.2) is 59.3 Å². The number of piperidine rings is 1. The molecule has 0 aliphatic carbocycles. The summed E-state index contributed by atoms with van der Waals surface area (Å²) in [5.74, 6) is 0. The lowest BCUT2D eigenvalue weighted by Crippen LogP contribution is -2.42. The van der Waals surface area contributed by atoms with Crippen molar-refractivity contribution in [2.75, 3.05) is 33.4 Å². The van der Waals surface area contributed by atoms with E-state index in [0.29, 0.717) is 37.7 Å². The fourth-order valence-electron chi connectivity index (χ4n) is 4.77. The molecule has 2 aliphatic rings. The van der Waals surface area contributed by atoms with Gasteiger partial charge in [-0.25, -0.2) is 4.98 Å². The zero-order valence-electron chi connectivity index (χ0n) is 18.3. The van der Waals surface area contributed by atoms with Crippen LogP contribution >= 0.6 is 11.3 Å². The Labute approximate surface area is 190 Å². The van der Waals surface area contributed by atoms with Crippen LogP contribution in [0.15, 0.2) is 29.6 Å². The molecular weight excluding hydrogens is 439 g/mol. The largest absolute Gasteiger partial charge is 0.416 e. The highest BCUT2D eigenvalue weighted by Crippen LogP contribution is 2.36. The molecule has 5 nitrogen and oxygen atoms in total. The van der Waals surface area contributed by atoms with E-state index >= 15 is 0 Å². The first-order chi connectivity index (χ1) is 15.3. The monoisotopic (exact) mass is 469 g/mol. The van der Waals surface area contributed by atoms with Gasteiger partial charge in [0.1, 0.15) is 10.6 Å². The van der Waals surface area contributed by atoms with Gasteiger partial charge in [0.05, 0.1) is 24.4 Å². The zero-order valence-corrected chi connectivity index (χ0v) is 19.1. The van der Waals surface area contributed by atoms with E-state index in [2.05, 4.69) is 4.90 Å². The van der Waals surface area contributed by atoms with Crippen LogP contribution in [0, 0.1) is 0 Å². The fraction of sp³-hybridized carbons (Fsp3) is 0.609. The highest BCUT2D eigenvalue weighted by Gasteiger charge is 2.38. The molecular formula is C23H30F3N3O2S. The summed E-state index contributed by atoms with van der Waals surface area (Å²) in [7, 11) is 1.72. The predicted molar refractivity (Wildman–Crippen MR) is 117 cm³/mol. The first kappa shape index (κ1) is 23.6. The van der Waals surface area contributed by atoms with Gasteiger partial charge in [0, 0.05) is 38.2 Å². The van der Waals surface area contributed by atoms with Crippen LogP contribution in [0.25, 0.3) is 0 Å². The molecule has 2 aromatic rings. The number of rotatable bonds is 7. The van der Waals surface area contributed by atoms with Gasteiger partial charge in [-0.15, -0.1) is 11.3 Å². The van der Waals surface area contributed by atoms with Gasteiger partial charge in [0.15, 0.2) is 0 Å². The fourth-order valence-corrected chi connectivity index (χ4v) is 5.68. The molecule has 0 spiro atoms. The number of aliphatic hydroxyl groups is 1.